The van der Waals surface area contributed by atoms with Gasteiger partial charge in [-0.25, -0.2) is 4.39 Å². The quantitative estimate of drug-likeness (QED) is 0.240. The summed E-state index contributed by atoms with van der Waals surface area (Å²) in [6.45, 7) is 2.41. The van der Waals surface area contributed by atoms with Crippen molar-refractivity contribution in [2.24, 2.45) is 4.99 Å². The fourth-order valence-electron chi connectivity index (χ4n) is 5.12. The Morgan fingerprint density at radius 2 is 1.41 bits per heavy atom. The minimum atomic E-state index is -0.920. The molecule has 1 aliphatic heterocycles. The standard InChI is InChI=1S/C32H30BrFN2O3/c1-31(28-19-25(33)13-18-29(28)34)21-39-20-30(35-31)36-32(22-7-5-4-6-8-22,23-9-14-26(37-2)15-10-23)24-11-16-27(38-3)17-12-24/h4-19H,20-21H2,1-3H3,(H,35,36)/t31-/m1/s1. The van der Waals surface area contributed by atoms with Crippen LogP contribution in [-0.2, 0) is 15.8 Å². The first-order valence-electron chi connectivity index (χ1n) is 12.6. The van der Waals surface area contributed by atoms with Crippen molar-refractivity contribution in [3.8, 4) is 11.5 Å². The number of hydrogen-bond acceptors (Lipinski definition) is 5. The molecule has 4 aromatic carbocycles. The Bertz CT molecular complexity index is 1410. The van der Waals surface area contributed by atoms with E-state index in [-0.39, 0.29) is 19.0 Å². The molecular formula is C32H30BrFN2O3. The molecule has 0 unspecified atom stereocenters. The van der Waals surface area contributed by atoms with Crippen molar-refractivity contribution in [2.45, 2.75) is 18.0 Å². The molecule has 0 amide bonds. The number of nitrogens with zero attached hydrogens (tertiary/aromatic N) is 1. The molecule has 7 heteroatoms. The Balaban J connectivity index is 1.71. The van der Waals surface area contributed by atoms with Crippen LogP contribution in [0.1, 0.15) is 29.2 Å². The lowest BCUT2D eigenvalue weighted by atomic mass is 9.76. The molecule has 0 spiro atoms. The molecule has 0 aliphatic carbocycles. The van der Waals surface area contributed by atoms with E-state index in [9.17, 15) is 0 Å². The fourth-order valence-corrected chi connectivity index (χ4v) is 5.49. The number of aliphatic imine (C=N–C) groups is 1. The van der Waals surface area contributed by atoms with Gasteiger partial charge >= 0.3 is 0 Å². The van der Waals surface area contributed by atoms with E-state index in [2.05, 4.69) is 33.4 Å². The molecule has 5 nitrogen and oxygen atoms in total. The second kappa shape index (κ2) is 11.2. The molecule has 39 heavy (non-hydrogen) atoms. The molecule has 0 fully saturated rings. The summed E-state index contributed by atoms with van der Waals surface area (Å²) in [4.78, 5) is 5.09. The zero-order valence-corrected chi connectivity index (χ0v) is 23.7. The largest absolute Gasteiger partial charge is 0.497 e. The molecule has 0 saturated heterocycles. The smallest absolute Gasteiger partial charge is 0.129 e. The number of methoxy groups -OCH3 is 2. The summed E-state index contributed by atoms with van der Waals surface area (Å²) in [5.41, 5.74) is 1.65. The lowest BCUT2D eigenvalue weighted by molar-refractivity contribution is 0.101. The van der Waals surface area contributed by atoms with E-state index in [4.69, 9.17) is 19.2 Å². The van der Waals surface area contributed by atoms with Crippen molar-refractivity contribution in [1.82, 2.24) is 5.32 Å². The fraction of sp³-hybridized carbons (Fsp3) is 0.219. The summed E-state index contributed by atoms with van der Waals surface area (Å²) in [7, 11) is 3.30. The van der Waals surface area contributed by atoms with Gasteiger partial charge < -0.3 is 19.5 Å². The van der Waals surface area contributed by atoms with Gasteiger partial charge in [-0.2, -0.15) is 0 Å². The van der Waals surface area contributed by atoms with Crippen LogP contribution in [0.3, 0.4) is 0 Å². The highest BCUT2D eigenvalue weighted by atomic mass is 79.9. The van der Waals surface area contributed by atoms with Gasteiger partial charge in [-0.1, -0.05) is 70.5 Å². The molecule has 0 saturated carbocycles. The average molecular weight is 590 g/mol. The van der Waals surface area contributed by atoms with Gasteiger partial charge in [0.2, 0.25) is 0 Å². The second-order valence-corrected chi connectivity index (χ2v) is 10.6. The third-order valence-corrected chi connectivity index (χ3v) is 7.59. The normalized spacial score (nSPS) is 17.3. The Morgan fingerprint density at radius 3 is 1.97 bits per heavy atom. The summed E-state index contributed by atoms with van der Waals surface area (Å²) in [6.07, 6.45) is 0. The molecule has 0 bridgehead atoms. The highest BCUT2D eigenvalue weighted by Crippen LogP contribution is 2.39. The highest BCUT2D eigenvalue weighted by Gasteiger charge is 2.40. The van der Waals surface area contributed by atoms with Crippen molar-refractivity contribution in [2.75, 3.05) is 27.4 Å². The van der Waals surface area contributed by atoms with E-state index >= 15 is 4.39 Å². The van der Waals surface area contributed by atoms with Crippen LogP contribution in [0.2, 0.25) is 0 Å². The number of rotatable bonds is 7. The minimum absolute atomic E-state index is 0.256. The maximum absolute atomic E-state index is 15.0. The van der Waals surface area contributed by atoms with Gasteiger partial charge in [0.1, 0.15) is 40.8 Å². The van der Waals surface area contributed by atoms with Crippen LogP contribution >= 0.6 is 15.9 Å². The third-order valence-electron chi connectivity index (χ3n) is 7.10. The SMILES string of the molecule is COc1ccc(C(NC2=N[C@@](C)(c3cc(Br)ccc3F)COC2)(c2ccccc2)c2ccc(OC)cc2)cc1. The highest BCUT2D eigenvalue weighted by molar-refractivity contribution is 9.10. The van der Waals surface area contributed by atoms with Gasteiger partial charge in [0.15, 0.2) is 0 Å². The lowest BCUT2D eigenvalue weighted by Gasteiger charge is -2.40. The average Bonchev–Trinajstić information content (AvgIpc) is 2.98. The number of amidine groups is 1. The lowest BCUT2D eigenvalue weighted by Crippen LogP contribution is -2.51. The van der Waals surface area contributed by atoms with Crippen LogP contribution in [0.4, 0.5) is 4.39 Å². The Hall–Kier alpha value is -3.68. The third kappa shape index (κ3) is 5.29. The van der Waals surface area contributed by atoms with Crippen molar-refractivity contribution in [3.63, 3.8) is 0 Å². The first-order chi connectivity index (χ1) is 18.9. The van der Waals surface area contributed by atoms with E-state index in [1.165, 1.54) is 6.07 Å². The number of halogens is 2. The van der Waals surface area contributed by atoms with E-state index < -0.39 is 11.1 Å². The molecule has 1 atom stereocenters. The van der Waals surface area contributed by atoms with Gasteiger partial charge in [0, 0.05) is 10.0 Å². The first kappa shape index (κ1) is 26.9. The Morgan fingerprint density at radius 1 is 0.846 bits per heavy atom. The summed E-state index contributed by atoms with van der Waals surface area (Å²) >= 11 is 3.47. The van der Waals surface area contributed by atoms with Gasteiger partial charge in [-0.05, 0) is 66.1 Å². The van der Waals surface area contributed by atoms with E-state index in [1.807, 2.05) is 73.7 Å². The molecule has 200 valence electrons. The zero-order valence-electron chi connectivity index (χ0n) is 22.1. The molecule has 4 aromatic rings. The number of hydrogen-bond donors (Lipinski definition) is 1. The molecular weight excluding hydrogens is 559 g/mol. The Labute approximate surface area is 236 Å². The predicted octanol–water partition coefficient (Wildman–Crippen LogP) is 6.83. The van der Waals surface area contributed by atoms with Gasteiger partial charge in [-0.15, -0.1) is 0 Å². The molecule has 1 aliphatic rings. The van der Waals surface area contributed by atoms with Crippen LogP contribution in [0.5, 0.6) is 11.5 Å². The summed E-state index contributed by atoms with van der Waals surface area (Å²) in [5.74, 6) is 1.80. The maximum atomic E-state index is 15.0. The second-order valence-electron chi connectivity index (χ2n) is 9.65. The molecule has 1 heterocycles. The van der Waals surface area contributed by atoms with E-state index in [0.717, 1.165) is 32.7 Å². The molecule has 5 rings (SSSR count). The van der Waals surface area contributed by atoms with Crippen LogP contribution in [0.15, 0.2) is 107 Å². The Kier molecular flexibility index (Phi) is 7.73. The zero-order chi connectivity index (χ0) is 27.5. The number of ether oxygens (including phenoxy) is 3. The van der Waals surface area contributed by atoms with Crippen molar-refractivity contribution in [3.05, 3.63) is 130 Å². The van der Waals surface area contributed by atoms with Crippen LogP contribution in [-0.4, -0.2) is 33.3 Å². The van der Waals surface area contributed by atoms with E-state index in [0.29, 0.717) is 11.4 Å². The molecule has 0 aromatic heterocycles. The van der Waals surface area contributed by atoms with Crippen molar-refractivity contribution >= 4 is 21.8 Å². The summed E-state index contributed by atoms with van der Waals surface area (Å²) in [5, 5.41) is 3.76. The van der Waals surface area contributed by atoms with Gasteiger partial charge in [0.05, 0.1) is 20.8 Å². The maximum Gasteiger partial charge on any atom is 0.129 e. The van der Waals surface area contributed by atoms with Crippen LogP contribution in [0.25, 0.3) is 0 Å². The van der Waals surface area contributed by atoms with Crippen molar-refractivity contribution < 1.29 is 18.6 Å². The topological polar surface area (TPSA) is 52.1 Å². The van der Waals surface area contributed by atoms with Crippen LogP contribution in [0, 0.1) is 5.82 Å². The summed E-state index contributed by atoms with van der Waals surface area (Å²) < 4.78 is 32.8. The monoisotopic (exact) mass is 588 g/mol. The van der Waals surface area contributed by atoms with Gasteiger partial charge in [0.25, 0.3) is 0 Å². The molecule has 0 radical (unpaired) electrons. The minimum Gasteiger partial charge on any atom is -0.497 e. The first-order valence-corrected chi connectivity index (χ1v) is 13.4. The number of benzene rings is 4. The van der Waals surface area contributed by atoms with Crippen LogP contribution < -0.4 is 14.8 Å². The predicted molar refractivity (Wildman–Crippen MR) is 155 cm³/mol. The van der Waals surface area contributed by atoms with Crippen molar-refractivity contribution in [1.29, 1.82) is 0 Å². The summed E-state index contributed by atoms with van der Waals surface area (Å²) in [6, 6.07) is 31.0. The molecule has 1 N–H and O–H groups in total. The van der Waals surface area contributed by atoms with E-state index in [1.54, 1.807) is 26.4 Å². The van der Waals surface area contributed by atoms with Gasteiger partial charge in [-0.3, -0.25) is 4.99 Å². The number of nitrogens with one attached hydrogen (secondary N) is 1.